The molecule has 0 atom stereocenters. The van der Waals surface area contributed by atoms with E-state index in [4.69, 9.17) is 0 Å². The topological polar surface area (TPSA) is 65.5 Å². The van der Waals surface area contributed by atoms with Gasteiger partial charge in [0.25, 0.3) is 5.91 Å². The largest absolute Gasteiger partial charge is 0.358 e. The van der Waals surface area contributed by atoms with Crippen LogP contribution < -0.4 is 5.32 Å². The molecule has 2 aliphatic rings. The lowest BCUT2D eigenvalue weighted by atomic mass is 9.72. The summed E-state index contributed by atoms with van der Waals surface area (Å²) in [6.07, 6.45) is 6.49. The maximum absolute atomic E-state index is 13.9. The van der Waals surface area contributed by atoms with Gasteiger partial charge in [-0.05, 0) is 50.3 Å². The number of nitrogens with zero attached hydrogens (tertiary/aromatic N) is 3. The SMILES string of the molecule is CNC(=O)CN1CCC2(CCCN(C(=O)c3ccncc3F)C2)CC1. The van der Waals surface area contributed by atoms with Crippen LogP contribution in [0, 0.1) is 11.2 Å². The minimum atomic E-state index is -0.562. The molecule has 1 aromatic rings. The van der Waals surface area contributed by atoms with Crippen LogP contribution in [0.25, 0.3) is 0 Å². The molecular weight excluding hydrogens is 323 g/mol. The number of hydrogen-bond acceptors (Lipinski definition) is 4. The number of hydrogen-bond donors (Lipinski definition) is 1. The molecule has 0 saturated carbocycles. The number of nitrogens with one attached hydrogen (secondary N) is 1. The van der Waals surface area contributed by atoms with E-state index in [2.05, 4.69) is 15.2 Å². The van der Waals surface area contributed by atoms with Gasteiger partial charge in [-0.1, -0.05) is 0 Å². The summed E-state index contributed by atoms with van der Waals surface area (Å²) in [4.78, 5) is 31.9. The molecule has 2 fully saturated rings. The number of amides is 2. The predicted molar refractivity (Wildman–Crippen MR) is 91.5 cm³/mol. The third-order valence-corrected chi connectivity index (χ3v) is 5.51. The van der Waals surface area contributed by atoms with Crippen LogP contribution in [0.3, 0.4) is 0 Å². The molecule has 6 nitrogen and oxygen atoms in total. The van der Waals surface area contributed by atoms with E-state index < -0.39 is 5.82 Å². The first-order chi connectivity index (χ1) is 12.0. The standard InChI is InChI=1S/C18H25FN4O2/c1-20-16(24)12-22-9-5-18(6-10-22)4-2-8-23(13-18)17(25)14-3-7-21-11-15(14)19/h3,7,11H,2,4-6,8-10,12-13H2,1H3,(H,20,24). The van der Waals surface area contributed by atoms with Crippen molar-refractivity contribution in [2.75, 3.05) is 39.8 Å². The third-order valence-electron chi connectivity index (χ3n) is 5.51. The minimum absolute atomic E-state index is 0.0320. The molecule has 0 bridgehead atoms. The quantitative estimate of drug-likeness (QED) is 0.894. The van der Waals surface area contributed by atoms with Gasteiger partial charge in [-0.3, -0.25) is 19.5 Å². The zero-order valence-electron chi connectivity index (χ0n) is 14.6. The number of rotatable bonds is 3. The van der Waals surface area contributed by atoms with E-state index in [-0.39, 0.29) is 22.8 Å². The van der Waals surface area contributed by atoms with Gasteiger partial charge in [0.1, 0.15) is 0 Å². The summed E-state index contributed by atoms with van der Waals surface area (Å²) in [5.41, 5.74) is 0.195. The predicted octanol–water partition coefficient (Wildman–Crippen LogP) is 1.28. The van der Waals surface area contributed by atoms with Crippen molar-refractivity contribution < 1.29 is 14.0 Å². The number of likely N-dealkylation sites (N-methyl/N-ethyl adjacent to an activating group) is 1. The molecule has 0 unspecified atom stereocenters. The first kappa shape index (κ1) is 17.8. The lowest BCUT2D eigenvalue weighted by Gasteiger charge is -2.47. The number of halogens is 1. The fraction of sp³-hybridized carbons (Fsp3) is 0.611. The lowest BCUT2D eigenvalue weighted by molar-refractivity contribution is -0.122. The first-order valence-corrected chi connectivity index (χ1v) is 8.85. The summed E-state index contributed by atoms with van der Waals surface area (Å²) in [7, 11) is 1.65. The number of likely N-dealkylation sites (tertiary alicyclic amines) is 2. The average molecular weight is 348 g/mol. The number of carbonyl (C=O) groups is 2. The van der Waals surface area contributed by atoms with Crippen LogP contribution in [0.4, 0.5) is 4.39 Å². The van der Waals surface area contributed by atoms with Gasteiger partial charge in [0.15, 0.2) is 5.82 Å². The summed E-state index contributed by atoms with van der Waals surface area (Å²) in [5.74, 6) is -0.774. The summed E-state index contributed by atoms with van der Waals surface area (Å²) < 4.78 is 13.9. The van der Waals surface area contributed by atoms with E-state index in [0.29, 0.717) is 19.6 Å². The van der Waals surface area contributed by atoms with Crippen molar-refractivity contribution in [3.8, 4) is 0 Å². The second-order valence-corrected chi connectivity index (χ2v) is 7.14. The van der Waals surface area contributed by atoms with E-state index in [1.165, 1.54) is 12.3 Å². The molecule has 0 radical (unpaired) electrons. The summed E-state index contributed by atoms with van der Waals surface area (Å²) in [5, 5.41) is 2.65. The van der Waals surface area contributed by atoms with Crippen LogP contribution >= 0.6 is 0 Å². The number of piperidine rings is 2. The van der Waals surface area contributed by atoms with E-state index in [1.807, 2.05) is 0 Å². The van der Waals surface area contributed by atoms with Gasteiger partial charge in [0.05, 0.1) is 18.3 Å². The van der Waals surface area contributed by atoms with E-state index in [0.717, 1.165) is 45.0 Å². The van der Waals surface area contributed by atoms with Crippen LogP contribution in [-0.2, 0) is 4.79 Å². The van der Waals surface area contributed by atoms with Gasteiger partial charge >= 0.3 is 0 Å². The Morgan fingerprint density at radius 2 is 2.04 bits per heavy atom. The number of carbonyl (C=O) groups excluding carboxylic acids is 2. The Balaban J connectivity index is 1.63. The summed E-state index contributed by atoms with van der Waals surface area (Å²) in [6, 6.07) is 1.45. The Bertz CT molecular complexity index is 644. The Hall–Kier alpha value is -2.02. The molecule has 1 N–H and O–H groups in total. The molecule has 136 valence electrons. The third kappa shape index (κ3) is 3.98. The van der Waals surface area contributed by atoms with Crippen molar-refractivity contribution >= 4 is 11.8 Å². The molecule has 1 spiro atoms. The molecule has 0 aromatic carbocycles. The Morgan fingerprint density at radius 3 is 2.72 bits per heavy atom. The molecule has 2 amide bonds. The average Bonchev–Trinajstić information content (AvgIpc) is 2.64. The van der Waals surface area contributed by atoms with Crippen LogP contribution in [0.15, 0.2) is 18.5 Å². The maximum Gasteiger partial charge on any atom is 0.256 e. The fourth-order valence-corrected chi connectivity index (χ4v) is 3.98. The molecular formula is C18H25FN4O2. The first-order valence-electron chi connectivity index (χ1n) is 8.85. The van der Waals surface area contributed by atoms with Gasteiger partial charge in [-0.2, -0.15) is 0 Å². The van der Waals surface area contributed by atoms with Gasteiger partial charge in [-0.25, -0.2) is 4.39 Å². The number of pyridine rings is 1. The number of aromatic nitrogens is 1. The second kappa shape index (κ2) is 7.47. The minimum Gasteiger partial charge on any atom is -0.358 e. The van der Waals surface area contributed by atoms with E-state index >= 15 is 0 Å². The Labute approximate surface area is 147 Å². The highest BCUT2D eigenvalue weighted by Crippen LogP contribution is 2.40. The van der Waals surface area contributed by atoms with Crippen LogP contribution in [-0.4, -0.2) is 66.4 Å². The van der Waals surface area contributed by atoms with Gasteiger partial charge < -0.3 is 10.2 Å². The molecule has 7 heteroatoms. The smallest absolute Gasteiger partial charge is 0.256 e. The van der Waals surface area contributed by atoms with Gasteiger partial charge in [0, 0.05) is 26.3 Å². The molecule has 3 rings (SSSR count). The van der Waals surface area contributed by atoms with Crippen molar-refractivity contribution in [2.24, 2.45) is 5.41 Å². The van der Waals surface area contributed by atoms with Crippen molar-refractivity contribution in [1.82, 2.24) is 20.1 Å². The Morgan fingerprint density at radius 1 is 1.28 bits per heavy atom. The van der Waals surface area contributed by atoms with Gasteiger partial charge in [-0.15, -0.1) is 0 Å². The highest BCUT2D eigenvalue weighted by molar-refractivity contribution is 5.94. The second-order valence-electron chi connectivity index (χ2n) is 7.14. The van der Waals surface area contributed by atoms with Crippen LogP contribution in [0.1, 0.15) is 36.0 Å². The van der Waals surface area contributed by atoms with Crippen molar-refractivity contribution in [3.63, 3.8) is 0 Å². The van der Waals surface area contributed by atoms with Gasteiger partial charge in [0.2, 0.25) is 5.91 Å². The Kier molecular flexibility index (Phi) is 5.32. The monoisotopic (exact) mass is 348 g/mol. The van der Waals surface area contributed by atoms with Crippen molar-refractivity contribution in [3.05, 3.63) is 29.8 Å². The summed E-state index contributed by atoms with van der Waals surface area (Å²) >= 11 is 0. The zero-order chi connectivity index (χ0) is 17.9. The zero-order valence-corrected chi connectivity index (χ0v) is 14.6. The molecule has 2 aliphatic heterocycles. The lowest BCUT2D eigenvalue weighted by Crippen LogP contribution is -2.52. The van der Waals surface area contributed by atoms with Crippen LogP contribution in [0.2, 0.25) is 0 Å². The maximum atomic E-state index is 13.9. The molecule has 1 aromatic heterocycles. The van der Waals surface area contributed by atoms with Crippen LogP contribution in [0.5, 0.6) is 0 Å². The normalized spacial score (nSPS) is 20.5. The van der Waals surface area contributed by atoms with E-state index in [1.54, 1.807) is 11.9 Å². The highest BCUT2D eigenvalue weighted by Gasteiger charge is 2.40. The van der Waals surface area contributed by atoms with Crippen molar-refractivity contribution in [2.45, 2.75) is 25.7 Å². The fourth-order valence-electron chi connectivity index (χ4n) is 3.98. The molecule has 25 heavy (non-hydrogen) atoms. The molecule has 0 aliphatic carbocycles. The highest BCUT2D eigenvalue weighted by atomic mass is 19.1. The summed E-state index contributed by atoms with van der Waals surface area (Å²) in [6.45, 7) is 3.49. The van der Waals surface area contributed by atoms with Crippen molar-refractivity contribution in [1.29, 1.82) is 0 Å². The molecule has 3 heterocycles. The van der Waals surface area contributed by atoms with E-state index in [9.17, 15) is 14.0 Å². The molecule has 2 saturated heterocycles.